The largest absolute Gasteiger partial charge is 0.378 e. The molecule has 0 spiro atoms. The Morgan fingerprint density at radius 3 is 2.52 bits per heavy atom. The van der Waals surface area contributed by atoms with Crippen LogP contribution in [-0.2, 0) is 25.7 Å². The van der Waals surface area contributed by atoms with Crippen molar-refractivity contribution in [2.45, 2.75) is 31.8 Å². The Kier molecular flexibility index (Phi) is 8.79. The number of nitrogens with zero attached hydrogens (tertiary/aromatic N) is 4. The number of benzene rings is 2. The fourth-order valence-electron chi connectivity index (χ4n) is 6.17. The van der Waals surface area contributed by atoms with Crippen LogP contribution >= 0.6 is 0 Å². The van der Waals surface area contributed by atoms with Crippen LogP contribution in [-0.4, -0.2) is 72.3 Å². The Morgan fingerprint density at radius 1 is 1.00 bits per heavy atom. The molecule has 1 N–H and O–H groups in total. The summed E-state index contributed by atoms with van der Waals surface area (Å²) >= 11 is 0. The lowest BCUT2D eigenvalue weighted by Crippen LogP contribution is -2.54. The predicted octanol–water partition coefficient (Wildman–Crippen LogP) is 3.84. The third-order valence-corrected chi connectivity index (χ3v) is 8.44. The van der Waals surface area contributed by atoms with Gasteiger partial charge in [-0.25, -0.2) is 0 Å². The summed E-state index contributed by atoms with van der Waals surface area (Å²) in [7, 11) is 0. The first-order chi connectivity index (χ1) is 21.5. The zero-order chi connectivity index (χ0) is 30.5. The number of pyridine rings is 1. The molecule has 6 rings (SSSR count). The number of aromatic nitrogens is 1. The number of amides is 3. The van der Waals surface area contributed by atoms with Gasteiger partial charge >= 0.3 is 0 Å². The molecule has 0 bridgehead atoms. The number of para-hydroxylation sites is 1. The van der Waals surface area contributed by atoms with Gasteiger partial charge in [-0.3, -0.25) is 29.1 Å². The van der Waals surface area contributed by atoms with Crippen LogP contribution in [0.5, 0.6) is 0 Å². The van der Waals surface area contributed by atoms with Crippen molar-refractivity contribution in [3.63, 3.8) is 0 Å². The number of fused-ring (bicyclic) bond motifs is 1. The third-order valence-electron chi connectivity index (χ3n) is 8.44. The van der Waals surface area contributed by atoms with Gasteiger partial charge in [0.15, 0.2) is 0 Å². The molecule has 1 aromatic heterocycles. The Hall–Kier alpha value is -4.83. The number of ketones is 1. The van der Waals surface area contributed by atoms with E-state index in [1.54, 1.807) is 47.6 Å². The van der Waals surface area contributed by atoms with E-state index < -0.39 is 23.6 Å². The van der Waals surface area contributed by atoms with E-state index in [0.717, 1.165) is 37.2 Å². The molecule has 2 atom stereocenters. The summed E-state index contributed by atoms with van der Waals surface area (Å²) in [5.41, 5.74) is 3.12. The molecule has 1 saturated heterocycles. The van der Waals surface area contributed by atoms with Gasteiger partial charge in [0.2, 0.25) is 11.8 Å². The van der Waals surface area contributed by atoms with Gasteiger partial charge in [-0.1, -0.05) is 30.4 Å². The van der Waals surface area contributed by atoms with Crippen molar-refractivity contribution in [1.29, 1.82) is 0 Å². The van der Waals surface area contributed by atoms with Crippen LogP contribution in [0.1, 0.15) is 35.2 Å². The number of carbonyl (C=O) groups excluding carboxylic acids is 4. The van der Waals surface area contributed by atoms with Crippen LogP contribution in [0.15, 0.2) is 85.2 Å². The molecule has 10 nitrogen and oxygen atoms in total. The van der Waals surface area contributed by atoms with Crippen molar-refractivity contribution in [2.75, 3.05) is 48.0 Å². The lowest BCUT2D eigenvalue weighted by Gasteiger charge is -2.37. The predicted molar refractivity (Wildman–Crippen MR) is 166 cm³/mol. The van der Waals surface area contributed by atoms with Crippen molar-refractivity contribution in [3.05, 3.63) is 96.3 Å². The molecule has 0 saturated carbocycles. The van der Waals surface area contributed by atoms with Crippen LogP contribution in [0.4, 0.5) is 17.1 Å². The monoisotopic (exact) mass is 593 g/mol. The van der Waals surface area contributed by atoms with Crippen molar-refractivity contribution in [1.82, 2.24) is 9.88 Å². The summed E-state index contributed by atoms with van der Waals surface area (Å²) in [6.07, 6.45) is 9.62. The molecule has 10 heteroatoms. The molecular formula is C34H35N5O5. The first-order valence-electron chi connectivity index (χ1n) is 15.0. The van der Waals surface area contributed by atoms with E-state index in [0.29, 0.717) is 31.0 Å². The number of ether oxygens (including phenoxy) is 1. The van der Waals surface area contributed by atoms with Crippen LogP contribution < -0.4 is 15.1 Å². The molecule has 226 valence electrons. The summed E-state index contributed by atoms with van der Waals surface area (Å²) in [6, 6.07) is 17.2. The highest BCUT2D eigenvalue weighted by atomic mass is 16.5. The lowest BCUT2D eigenvalue weighted by atomic mass is 9.85. The highest BCUT2D eigenvalue weighted by Crippen LogP contribution is 2.31. The third kappa shape index (κ3) is 6.26. The van der Waals surface area contributed by atoms with E-state index in [1.807, 2.05) is 30.3 Å². The number of allylic oxidation sites excluding steroid dienone is 2. The maximum atomic E-state index is 14.2. The van der Waals surface area contributed by atoms with Crippen LogP contribution in [0.2, 0.25) is 0 Å². The quantitative estimate of drug-likeness (QED) is 0.296. The summed E-state index contributed by atoms with van der Waals surface area (Å²) in [6.45, 7) is 2.74. The van der Waals surface area contributed by atoms with Crippen molar-refractivity contribution in [3.8, 4) is 0 Å². The Bertz CT molecular complexity index is 1550. The average Bonchev–Trinajstić information content (AvgIpc) is 3.31. The van der Waals surface area contributed by atoms with E-state index in [1.165, 1.54) is 4.90 Å². The van der Waals surface area contributed by atoms with Crippen molar-refractivity contribution >= 4 is 40.6 Å². The first-order valence-corrected chi connectivity index (χ1v) is 15.0. The zero-order valence-corrected chi connectivity index (χ0v) is 24.4. The van der Waals surface area contributed by atoms with E-state index in [9.17, 15) is 19.2 Å². The molecule has 3 aromatic rings. The molecule has 44 heavy (non-hydrogen) atoms. The first kappa shape index (κ1) is 29.3. The van der Waals surface area contributed by atoms with Crippen LogP contribution in [0.25, 0.3) is 0 Å². The van der Waals surface area contributed by atoms with Gasteiger partial charge in [0, 0.05) is 43.4 Å². The fourth-order valence-corrected chi connectivity index (χ4v) is 6.17. The second kappa shape index (κ2) is 13.2. The zero-order valence-electron chi connectivity index (χ0n) is 24.4. The van der Waals surface area contributed by atoms with Gasteiger partial charge in [0.1, 0.15) is 12.6 Å². The van der Waals surface area contributed by atoms with Gasteiger partial charge in [0.05, 0.1) is 24.5 Å². The number of morpholine rings is 1. The lowest BCUT2D eigenvalue weighted by molar-refractivity contribution is -0.140. The van der Waals surface area contributed by atoms with E-state index in [-0.39, 0.29) is 30.5 Å². The van der Waals surface area contributed by atoms with Gasteiger partial charge in [-0.2, -0.15) is 0 Å². The van der Waals surface area contributed by atoms with Crippen LogP contribution in [0, 0.1) is 5.92 Å². The highest BCUT2D eigenvalue weighted by molar-refractivity contribution is 6.52. The molecule has 3 heterocycles. The topological polar surface area (TPSA) is 112 Å². The maximum Gasteiger partial charge on any atom is 0.299 e. The average molecular weight is 594 g/mol. The molecular weight excluding hydrogens is 558 g/mol. The molecule has 1 aliphatic carbocycles. The fraction of sp³-hybridized carbons (Fsp3) is 0.324. The Labute approximate surface area is 256 Å². The maximum absolute atomic E-state index is 14.2. The number of hydrogen-bond donors (Lipinski definition) is 1. The van der Waals surface area contributed by atoms with Gasteiger partial charge in [-0.15, -0.1) is 0 Å². The molecule has 0 radical (unpaired) electrons. The standard InChI is InChI=1S/C34H35N5O5/c40-30(23-38-29-11-5-4-10-28(29)32(41)34(38)43)39(22-24-7-6-16-35-21-24)31(25-8-2-1-3-9-25)33(42)36-26-12-14-27(15-13-26)37-17-19-44-20-18-37/h1-2,4-7,10-16,21,25,31H,3,8-9,17-20,22-23H2,(H,36,42). The van der Waals surface area contributed by atoms with Gasteiger partial charge in [0.25, 0.3) is 11.7 Å². The second-order valence-corrected chi connectivity index (χ2v) is 11.2. The smallest absolute Gasteiger partial charge is 0.299 e. The molecule has 1 fully saturated rings. The number of Topliss-reactive ketones (excluding diaryl/α,β-unsaturated/α-hetero) is 1. The van der Waals surface area contributed by atoms with Gasteiger partial charge in [-0.05, 0) is 73.2 Å². The highest BCUT2D eigenvalue weighted by Gasteiger charge is 2.41. The van der Waals surface area contributed by atoms with E-state index in [2.05, 4.69) is 27.4 Å². The summed E-state index contributed by atoms with van der Waals surface area (Å²) in [4.78, 5) is 63.2. The SMILES string of the molecule is O=C1C(=O)N(CC(=O)N(Cc2cccnc2)C(C(=O)Nc2ccc(N3CCOCC3)cc2)C2CC=CCC2)c2ccccc21. The molecule has 3 aliphatic rings. The van der Waals surface area contributed by atoms with E-state index >= 15 is 0 Å². The van der Waals surface area contributed by atoms with E-state index in [4.69, 9.17) is 4.74 Å². The Morgan fingerprint density at radius 2 is 1.80 bits per heavy atom. The number of carbonyl (C=O) groups is 4. The van der Waals surface area contributed by atoms with Crippen molar-refractivity contribution in [2.24, 2.45) is 5.92 Å². The summed E-state index contributed by atoms with van der Waals surface area (Å²) in [5, 5.41) is 3.07. The molecule has 2 aliphatic heterocycles. The van der Waals surface area contributed by atoms with Crippen molar-refractivity contribution < 1.29 is 23.9 Å². The van der Waals surface area contributed by atoms with Crippen LogP contribution in [0.3, 0.4) is 0 Å². The number of anilines is 3. The molecule has 3 amide bonds. The summed E-state index contributed by atoms with van der Waals surface area (Å²) < 4.78 is 5.46. The normalized spacial score (nSPS) is 18.6. The molecule has 2 unspecified atom stereocenters. The summed E-state index contributed by atoms with van der Waals surface area (Å²) in [5.74, 6) is -2.26. The minimum atomic E-state index is -0.824. The second-order valence-electron chi connectivity index (χ2n) is 11.2. The Balaban J connectivity index is 1.29. The van der Waals surface area contributed by atoms with Gasteiger partial charge < -0.3 is 19.9 Å². The number of nitrogens with one attached hydrogen (secondary N) is 1. The minimum absolute atomic E-state index is 0.124. The number of rotatable bonds is 9. The molecule has 2 aromatic carbocycles. The minimum Gasteiger partial charge on any atom is -0.378 e. The number of hydrogen-bond acceptors (Lipinski definition) is 7.